The first kappa shape index (κ1) is 26.1. The third-order valence-corrected chi connectivity index (χ3v) is 9.87. The van der Waals surface area contributed by atoms with Crippen molar-refractivity contribution in [3.63, 3.8) is 0 Å². The highest BCUT2D eigenvalue weighted by molar-refractivity contribution is 7.91. The normalized spacial score (nSPS) is 26.4. The number of fused-ring (bicyclic) bond motifs is 2. The van der Waals surface area contributed by atoms with E-state index in [0.29, 0.717) is 36.0 Å². The molecule has 198 valence electrons. The van der Waals surface area contributed by atoms with Crippen LogP contribution in [-0.4, -0.2) is 38.2 Å². The number of benzene rings is 1. The Morgan fingerprint density at radius 2 is 1.76 bits per heavy atom. The lowest BCUT2D eigenvalue weighted by Crippen LogP contribution is -2.33. The molecule has 0 aromatic heterocycles. The number of amides is 1. The van der Waals surface area contributed by atoms with E-state index in [9.17, 15) is 13.2 Å². The summed E-state index contributed by atoms with van der Waals surface area (Å²) in [5.74, 6) is 0.847. The molecule has 2 aliphatic heterocycles. The van der Waals surface area contributed by atoms with E-state index in [1.165, 1.54) is 5.56 Å². The Hall–Kier alpha value is -2.54. The van der Waals surface area contributed by atoms with Gasteiger partial charge in [0.1, 0.15) is 9.84 Å². The molecule has 5 rings (SSSR count). The molecule has 4 aliphatic rings. The maximum atomic E-state index is 15.9. The van der Waals surface area contributed by atoms with Crippen molar-refractivity contribution in [3.8, 4) is 0 Å². The van der Waals surface area contributed by atoms with E-state index in [-0.39, 0.29) is 23.6 Å². The van der Waals surface area contributed by atoms with Gasteiger partial charge >= 0.3 is 0 Å². The maximum Gasteiger partial charge on any atom is 0.228 e. The van der Waals surface area contributed by atoms with E-state index < -0.39 is 15.7 Å². The van der Waals surface area contributed by atoms with Crippen molar-refractivity contribution >= 4 is 27.2 Å². The van der Waals surface area contributed by atoms with Crippen molar-refractivity contribution in [2.24, 2.45) is 22.7 Å². The van der Waals surface area contributed by atoms with Gasteiger partial charge in [0.15, 0.2) is 11.7 Å². The number of aliphatic imine (C=N–C) groups is 1. The number of carbonyl (C=O) groups excluding carboxylic acids is 1. The summed E-state index contributed by atoms with van der Waals surface area (Å²) >= 11 is 0. The van der Waals surface area contributed by atoms with Crippen molar-refractivity contribution in [2.75, 3.05) is 18.1 Å². The molecule has 1 aromatic carbocycles. The van der Waals surface area contributed by atoms with Gasteiger partial charge in [-0.05, 0) is 79.9 Å². The molecule has 2 unspecified atom stereocenters. The van der Waals surface area contributed by atoms with Gasteiger partial charge in [-0.15, -0.1) is 0 Å². The largest absolute Gasteiger partial charge is 0.308 e. The molecular formula is C30H37FN2O3S. The van der Waals surface area contributed by atoms with Gasteiger partial charge in [-0.3, -0.25) is 9.79 Å². The van der Waals surface area contributed by atoms with Crippen LogP contribution in [0.2, 0.25) is 0 Å². The third kappa shape index (κ3) is 6.86. The fourth-order valence-corrected chi connectivity index (χ4v) is 7.15. The molecule has 1 saturated carbocycles. The average molecular weight is 525 g/mol. The molecule has 2 fully saturated rings. The van der Waals surface area contributed by atoms with Crippen molar-refractivity contribution in [2.45, 2.75) is 64.2 Å². The topological polar surface area (TPSA) is 75.6 Å². The second kappa shape index (κ2) is 11.5. The summed E-state index contributed by atoms with van der Waals surface area (Å²) in [6.45, 7) is 0.493. The third-order valence-electron chi connectivity index (χ3n) is 8.04. The zero-order chi connectivity index (χ0) is 25.8. The van der Waals surface area contributed by atoms with E-state index in [1.807, 2.05) is 12.2 Å². The molecule has 1 aromatic rings. The molecule has 2 aliphatic carbocycles. The molecule has 1 amide bonds. The van der Waals surface area contributed by atoms with Gasteiger partial charge in [0.05, 0.1) is 11.5 Å². The summed E-state index contributed by atoms with van der Waals surface area (Å²) < 4.78 is 40.0. The molecule has 2 atom stereocenters. The van der Waals surface area contributed by atoms with Crippen LogP contribution in [-0.2, 0) is 21.1 Å². The Bertz CT molecular complexity index is 1240. The number of nitrogens with one attached hydrogen (secondary N) is 1. The minimum Gasteiger partial charge on any atom is -0.308 e. The lowest BCUT2D eigenvalue weighted by molar-refractivity contribution is -0.120. The Kier molecular flexibility index (Phi) is 8.08. The van der Waals surface area contributed by atoms with Crippen LogP contribution in [0.3, 0.4) is 0 Å². The van der Waals surface area contributed by atoms with Gasteiger partial charge in [0, 0.05) is 18.0 Å². The predicted octanol–water partition coefficient (Wildman–Crippen LogP) is 5.74. The number of hydrogen-bond donors (Lipinski definition) is 1. The number of nitrogens with zero attached hydrogens (tertiary/aromatic N) is 1. The smallest absolute Gasteiger partial charge is 0.228 e. The molecular weight excluding hydrogens is 487 g/mol. The summed E-state index contributed by atoms with van der Waals surface area (Å²) in [5, 5.41) is 2.76. The van der Waals surface area contributed by atoms with Crippen LogP contribution in [0.5, 0.6) is 0 Å². The Morgan fingerprint density at radius 1 is 1.00 bits per heavy atom. The predicted molar refractivity (Wildman–Crippen MR) is 147 cm³/mol. The lowest BCUT2D eigenvalue weighted by Gasteiger charge is -2.21. The van der Waals surface area contributed by atoms with Crippen LogP contribution >= 0.6 is 0 Å². The minimum absolute atomic E-state index is 0.0105. The van der Waals surface area contributed by atoms with Crippen LogP contribution < -0.4 is 5.32 Å². The zero-order valence-corrected chi connectivity index (χ0v) is 22.2. The highest BCUT2D eigenvalue weighted by Gasteiger charge is 2.32. The number of halogens is 1. The number of carbonyl (C=O) groups is 1. The molecule has 0 radical (unpaired) electrons. The summed E-state index contributed by atoms with van der Waals surface area (Å²) in [5.41, 5.74) is 3.62. The standard InChI is InChI=1S/C30H37FN2O3S/c31-28-27-20-22(15-16-32-29(28)33-30(34)25-13-14-25)6-3-8-26(27)24-11-9-23(10-12-24)19-21-5-1-2-17-37(35,36)18-4-7-21/h3,6,8-12,21-22,25H,1-2,4-5,7,13-20H2,(H,32,33,34). The quantitative estimate of drug-likeness (QED) is 0.546. The second-order valence-corrected chi connectivity index (χ2v) is 13.4. The van der Waals surface area contributed by atoms with Crippen LogP contribution in [0, 0.1) is 17.8 Å². The minimum atomic E-state index is -2.89. The molecule has 2 heterocycles. The van der Waals surface area contributed by atoms with E-state index in [1.54, 1.807) is 0 Å². The molecule has 5 nitrogen and oxygen atoms in total. The zero-order valence-electron chi connectivity index (χ0n) is 21.4. The second-order valence-electron chi connectivity index (χ2n) is 11.1. The number of allylic oxidation sites excluding steroid dienone is 5. The van der Waals surface area contributed by atoms with Gasteiger partial charge in [-0.2, -0.15) is 0 Å². The maximum absolute atomic E-state index is 15.9. The summed E-state index contributed by atoms with van der Waals surface area (Å²) in [6.07, 6.45) is 14.6. The number of sulfone groups is 1. The van der Waals surface area contributed by atoms with E-state index >= 15 is 4.39 Å². The Labute approximate surface area is 219 Å². The first-order chi connectivity index (χ1) is 17.9. The van der Waals surface area contributed by atoms with E-state index in [4.69, 9.17) is 0 Å². The summed E-state index contributed by atoms with van der Waals surface area (Å²) in [4.78, 5) is 16.8. The monoisotopic (exact) mass is 524 g/mol. The average Bonchev–Trinajstić information content (AvgIpc) is 3.72. The van der Waals surface area contributed by atoms with Gasteiger partial charge in [-0.1, -0.05) is 55.3 Å². The van der Waals surface area contributed by atoms with Gasteiger partial charge < -0.3 is 5.32 Å². The van der Waals surface area contributed by atoms with Gasteiger partial charge in [0.25, 0.3) is 0 Å². The molecule has 0 spiro atoms. The van der Waals surface area contributed by atoms with Crippen LogP contribution in [0.4, 0.5) is 4.39 Å². The molecule has 1 saturated heterocycles. The Morgan fingerprint density at radius 3 is 2.54 bits per heavy atom. The van der Waals surface area contributed by atoms with Gasteiger partial charge in [0.2, 0.25) is 5.91 Å². The van der Waals surface area contributed by atoms with Gasteiger partial charge in [-0.25, -0.2) is 12.8 Å². The molecule has 7 heteroatoms. The fraction of sp³-hybridized carbons (Fsp3) is 0.533. The molecule has 37 heavy (non-hydrogen) atoms. The van der Waals surface area contributed by atoms with Crippen LogP contribution in [0.25, 0.3) is 5.57 Å². The lowest BCUT2D eigenvalue weighted by atomic mass is 9.87. The summed E-state index contributed by atoms with van der Waals surface area (Å²) in [7, 11) is -2.89. The summed E-state index contributed by atoms with van der Waals surface area (Å²) in [6, 6.07) is 8.37. The number of amidine groups is 1. The van der Waals surface area contributed by atoms with Crippen LogP contribution in [0.1, 0.15) is 68.9 Å². The van der Waals surface area contributed by atoms with E-state index in [2.05, 4.69) is 40.7 Å². The van der Waals surface area contributed by atoms with E-state index in [0.717, 1.165) is 68.9 Å². The number of rotatable bonds is 4. The van der Waals surface area contributed by atoms with Crippen molar-refractivity contribution < 1.29 is 17.6 Å². The molecule has 1 N–H and O–H groups in total. The van der Waals surface area contributed by atoms with Crippen molar-refractivity contribution in [1.82, 2.24) is 5.32 Å². The van der Waals surface area contributed by atoms with Crippen molar-refractivity contribution in [1.29, 1.82) is 0 Å². The van der Waals surface area contributed by atoms with Crippen LogP contribution in [0.15, 0.2) is 58.9 Å². The number of hydrogen-bond acceptors (Lipinski definition) is 4. The van der Waals surface area contributed by atoms with Crippen molar-refractivity contribution in [3.05, 3.63) is 65.0 Å². The highest BCUT2D eigenvalue weighted by Crippen LogP contribution is 2.37. The first-order valence-electron chi connectivity index (χ1n) is 13.8. The highest BCUT2D eigenvalue weighted by atomic mass is 32.2. The Balaban J connectivity index is 1.33. The first-order valence-corrected chi connectivity index (χ1v) is 15.6. The molecule has 2 bridgehead atoms. The fourth-order valence-electron chi connectivity index (χ4n) is 5.69. The SMILES string of the molecule is O=C(NC1=NCCC2C=CC=C(c3ccc(CC4CCCCS(=O)(=O)CCC4)cc3)C(=C1F)C2)C1CC1.